The van der Waals surface area contributed by atoms with Gasteiger partial charge >= 0.3 is 0 Å². The second kappa shape index (κ2) is 7.35. The van der Waals surface area contributed by atoms with Gasteiger partial charge in [-0.15, -0.1) is 0 Å². The molecule has 1 aliphatic rings. The van der Waals surface area contributed by atoms with E-state index in [-0.39, 0.29) is 23.6 Å². The van der Waals surface area contributed by atoms with Gasteiger partial charge in [0.1, 0.15) is 0 Å². The molecular formula is C18H20N2O5S. The summed E-state index contributed by atoms with van der Waals surface area (Å²) in [6, 6.07) is 11.5. The first-order valence-electron chi connectivity index (χ1n) is 8.13. The lowest BCUT2D eigenvalue weighted by Crippen LogP contribution is -2.27. The Balaban J connectivity index is 1.58. The van der Waals surface area contributed by atoms with Gasteiger partial charge in [-0.05, 0) is 48.7 Å². The largest absolute Gasteiger partial charge is 0.454 e. The van der Waals surface area contributed by atoms with Crippen LogP contribution < -0.4 is 19.9 Å². The molecule has 0 aromatic heterocycles. The summed E-state index contributed by atoms with van der Waals surface area (Å²) >= 11 is 0. The molecule has 0 fully saturated rings. The molecule has 7 nitrogen and oxygen atoms in total. The molecule has 0 saturated carbocycles. The molecule has 0 spiro atoms. The van der Waals surface area contributed by atoms with E-state index in [4.69, 9.17) is 14.6 Å². The predicted octanol–water partition coefficient (Wildman–Crippen LogP) is 1.87. The smallest absolute Gasteiger partial charge is 0.238 e. The average molecular weight is 376 g/mol. The summed E-state index contributed by atoms with van der Waals surface area (Å²) in [6.07, 6.45) is 0.866. The molecule has 1 atom stereocenters. The van der Waals surface area contributed by atoms with Crippen LogP contribution in [0.5, 0.6) is 11.5 Å². The van der Waals surface area contributed by atoms with Crippen molar-refractivity contribution in [2.45, 2.75) is 30.7 Å². The molecule has 1 aliphatic heterocycles. The number of hydrogen-bond donors (Lipinski definition) is 2. The Bertz CT molecular complexity index is 927. The first-order chi connectivity index (χ1) is 12.3. The summed E-state index contributed by atoms with van der Waals surface area (Å²) < 4.78 is 33.5. The van der Waals surface area contributed by atoms with E-state index in [1.807, 2.05) is 18.2 Å². The third kappa shape index (κ3) is 4.33. The lowest BCUT2D eigenvalue weighted by atomic mass is 10.1. The number of nitrogens with two attached hydrogens (primary N) is 1. The van der Waals surface area contributed by atoms with Crippen LogP contribution in [0.2, 0.25) is 0 Å². The summed E-state index contributed by atoms with van der Waals surface area (Å²) in [5.41, 5.74) is 1.65. The molecule has 0 radical (unpaired) electrons. The van der Waals surface area contributed by atoms with Crippen LogP contribution >= 0.6 is 0 Å². The highest BCUT2D eigenvalue weighted by atomic mass is 32.2. The topological polar surface area (TPSA) is 108 Å². The third-order valence-corrected chi connectivity index (χ3v) is 5.05. The third-order valence-electron chi connectivity index (χ3n) is 4.14. The van der Waals surface area contributed by atoms with Crippen LogP contribution in [0.1, 0.15) is 30.5 Å². The zero-order chi connectivity index (χ0) is 18.7. The number of fused-ring (bicyclic) bond motifs is 1. The maximum absolute atomic E-state index is 12.2. The number of primary sulfonamides is 1. The van der Waals surface area contributed by atoms with Crippen molar-refractivity contribution in [1.82, 2.24) is 5.32 Å². The van der Waals surface area contributed by atoms with Gasteiger partial charge in [-0.1, -0.05) is 18.2 Å². The molecule has 3 rings (SSSR count). The minimum atomic E-state index is -3.77. The standard InChI is InChI=1S/C18H20N2O5S/c1-12(14-3-2-4-15(10-14)26(19,22)23)20-18(21)8-6-13-5-7-16-17(9-13)25-11-24-16/h2-5,7,9-10,12H,6,8,11H2,1H3,(H,20,21)(H2,19,22,23). The fraction of sp³-hybridized carbons (Fsp3) is 0.278. The fourth-order valence-corrected chi connectivity index (χ4v) is 3.28. The number of rotatable bonds is 6. The van der Waals surface area contributed by atoms with Crippen LogP contribution in [0.3, 0.4) is 0 Å². The van der Waals surface area contributed by atoms with Gasteiger partial charge in [-0.3, -0.25) is 4.79 Å². The Morgan fingerprint density at radius 2 is 1.96 bits per heavy atom. The van der Waals surface area contributed by atoms with E-state index < -0.39 is 10.0 Å². The second-order valence-electron chi connectivity index (χ2n) is 6.09. The minimum Gasteiger partial charge on any atom is -0.454 e. The van der Waals surface area contributed by atoms with Gasteiger partial charge < -0.3 is 14.8 Å². The maximum atomic E-state index is 12.2. The Hall–Kier alpha value is -2.58. The van der Waals surface area contributed by atoms with Gasteiger partial charge in [0.15, 0.2) is 11.5 Å². The van der Waals surface area contributed by atoms with E-state index in [9.17, 15) is 13.2 Å². The number of nitrogens with one attached hydrogen (secondary N) is 1. The Labute approximate surface area is 152 Å². The van der Waals surface area contributed by atoms with Crippen molar-refractivity contribution < 1.29 is 22.7 Å². The number of ether oxygens (including phenoxy) is 2. The summed E-state index contributed by atoms with van der Waals surface area (Å²) in [5, 5.41) is 8.01. The van der Waals surface area contributed by atoms with Crippen LogP contribution in [0, 0.1) is 0 Å². The van der Waals surface area contributed by atoms with Crippen LogP contribution in [0.15, 0.2) is 47.4 Å². The molecule has 0 bridgehead atoms. The van der Waals surface area contributed by atoms with E-state index in [0.717, 1.165) is 5.56 Å². The van der Waals surface area contributed by atoms with Gasteiger partial charge in [0.2, 0.25) is 22.7 Å². The monoisotopic (exact) mass is 376 g/mol. The first kappa shape index (κ1) is 18.2. The van der Waals surface area contributed by atoms with Gasteiger partial charge in [-0.25, -0.2) is 13.6 Å². The minimum absolute atomic E-state index is 0.0245. The zero-order valence-electron chi connectivity index (χ0n) is 14.3. The van der Waals surface area contributed by atoms with E-state index in [1.165, 1.54) is 12.1 Å². The van der Waals surface area contributed by atoms with Gasteiger partial charge in [0.25, 0.3) is 0 Å². The molecule has 138 valence electrons. The van der Waals surface area contributed by atoms with E-state index >= 15 is 0 Å². The number of hydrogen-bond acceptors (Lipinski definition) is 5. The lowest BCUT2D eigenvalue weighted by molar-refractivity contribution is -0.121. The summed E-state index contributed by atoms with van der Waals surface area (Å²) in [6.45, 7) is 2.01. The second-order valence-corrected chi connectivity index (χ2v) is 7.66. The van der Waals surface area contributed by atoms with E-state index in [2.05, 4.69) is 5.32 Å². The van der Waals surface area contributed by atoms with Crippen LogP contribution in [-0.2, 0) is 21.2 Å². The number of amides is 1. The van der Waals surface area contributed by atoms with Crippen molar-refractivity contribution in [3.05, 3.63) is 53.6 Å². The molecule has 2 aromatic carbocycles. The number of carbonyl (C=O) groups is 1. The summed E-state index contributed by atoms with van der Waals surface area (Å²) in [5.74, 6) is 1.27. The molecule has 1 amide bonds. The number of aryl methyl sites for hydroxylation is 1. The molecule has 1 unspecified atom stereocenters. The van der Waals surface area contributed by atoms with Gasteiger partial charge in [0.05, 0.1) is 10.9 Å². The predicted molar refractivity (Wildman–Crippen MR) is 95.3 cm³/mol. The first-order valence-corrected chi connectivity index (χ1v) is 9.68. The Morgan fingerprint density at radius 1 is 1.19 bits per heavy atom. The molecular weight excluding hydrogens is 356 g/mol. The van der Waals surface area contributed by atoms with Crippen molar-refractivity contribution in [1.29, 1.82) is 0 Å². The molecule has 2 aromatic rings. The molecule has 3 N–H and O–H groups in total. The van der Waals surface area contributed by atoms with E-state index in [1.54, 1.807) is 19.1 Å². The highest BCUT2D eigenvalue weighted by Crippen LogP contribution is 2.32. The number of sulfonamides is 1. The zero-order valence-corrected chi connectivity index (χ0v) is 15.1. The van der Waals surface area contributed by atoms with Crippen LogP contribution in [-0.4, -0.2) is 21.1 Å². The molecule has 0 saturated heterocycles. The van der Waals surface area contributed by atoms with Crippen LogP contribution in [0.4, 0.5) is 0 Å². The fourth-order valence-electron chi connectivity index (χ4n) is 2.71. The number of carbonyl (C=O) groups excluding carboxylic acids is 1. The van der Waals surface area contributed by atoms with Crippen molar-refractivity contribution >= 4 is 15.9 Å². The quantitative estimate of drug-likeness (QED) is 0.800. The maximum Gasteiger partial charge on any atom is 0.238 e. The van der Waals surface area contributed by atoms with Crippen molar-refractivity contribution in [2.24, 2.45) is 5.14 Å². The average Bonchev–Trinajstić information content (AvgIpc) is 3.07. The normalized spacial score (nSPS) is 14.1. The highest BCUT2D eigenvalue weighted by Gasteiger charge is 2.15. The molecule has 0 aliphatic carbocycles. The lowest BCUT2D eigenvalue weighted by Gasteiger charge is -2.15. The molecule has 1 heterocycles. The Morgan fingerprint density at radius 3 is 2.73 bits per heavy atom. The van der Waals surface area contributed by atoms with E-state index in [0.29, 0.717) is 29.9 Å². The van der Waals surface area contributed by atoms with Crippen molar-refractivity contribution in [3.8, 4) is 11.5 Å². The van der Waals surface area contributed by atoms with Gasteiger partial charge in [0, 0.05) is 6.42 Å². The van der Waals surface area contributed by atoms with Crippen LogP contribution in [0.25, 0.3) is 0 Å². The number of benzene rings is 2. The summed E-state index contributed by atoms with van der Waals surface area (Å²) in [4.78, 5) is 12.2. The van der Waals surface area contributed by atoms with Crippen molar-refractivity contribution in [2.75, 3.05) is 6.79 Å². The van der Waals surface area contributed by atoms with Gasteiger partial charge in [-0.2, -0.15) is 0 Å². The molecule has 8 heteroatoms. The summed E-state index contributed by atoms with van der Waals surface area (Å²) in [7, 11) is -3.77. The van der Waals surface area contributed by atoms with Crippen molar-refractivity contribution in [3.63, 3.8) is 0 Å². The molecule has 26 heavy (non-hydrogen) atoms. The Kier molecular flexibility index (Phi) is 5.15. The highest BCUT2D eigenvalue weighted by molar-refractivity contribution is 7.89. The SMILES string of the molecule is CC(NC(=O)CCc1ccc2c(c1)OCO2)c1cccc(S(N)(=O)=O)c1.